The number of thioether (sulfide) groups is 1. The summed E-state index contributed by atoms with van der Waals surface area (Å²) in [7, 11) is 0. The van der Waals surface area contributed by atoms with E-state index < -0.39 is 0 Å². The molecule has 10 heteroatoms. The van der Waals surface area contributed by atoms with Gasteiger partial charge in [-0.25, -0.2) is 9.67 Å². The number of hydrogen-bond acceptors (Lipinski definition) is 7. The maximum atomic E-state index is 12.3. The molecule has 8 nitrogen and oxygen atoms in total. The molecule has 4 aromatic rings. The Morgan fingerprint density at radius 3 is 2.93 bits per heavy atom. The van der Waals surface area contributed by atoms with Crippen LogP contribution >= 0.6 is 23.1 Å². The third kappa shape index (κ3) is 3.53. The Bertz CT molecular complexity index is 1250. The van der Waals surface area contributed by atoms with Crippen molar-refractivity contribution in [3.8, 4) is 11.8 Å². The second-order valence-electron chi connectivity index (χ2n) is 5.61. The molecular weight excluding hydrogens is 396 g/mol. The Morgan fingerprint density at radius 1 is 1.32 bits per heavy atom. The predicted octanol–water partition coefficient (Wildman–Crippen LogP) is 2.77. The lowest BCUT2D eigenvalue weighted by Gasteiger charge is -2.05. The first-order chi connectivity index (χ1) is 13.7. The summed E-state index contributed by atoms with van der Waals surface area (Å²) in [6.07, 6.45) is 1.47. The summed E-state index contributed by atoms with van der Waals surface area (Å²) in [6.45, 7) is 0. The third-order valence-corrected chi connectivity index (χ3v) is 5.50. The van der Waals surface area contributed by atoms with Crippen molar-refractivity contribution in [3.05, 3.63) is 63.9 Å². The number of aromatic amines is 1. The number of nitrogens with zero attached hydrogens (tertiary/aromatic N) is 4. The van der Waals surface area contributed by atoms with Gasteiger partial charge in [0.25, 0.3) is 5.56 Å². The standard InChI is InChI=1S/C18H12N6O2S2/c19-8-11-6-7-27-17(11)21-14(25)10-28-18-22-15-13(16(26)23-18)9-20-24(15)12-4-2-1-3-5-12/h1-7,9H,10H2,(H,21,25)(H,22,23,26). The molecule has 28 heavy (non-hydrogen) atoms. The van der Waals surface area contributed by atoms with Crippen molar-refractivity contribution in [2.75, 3.05) is 11.1 Å². The molecule has 0 aliphatic carbocycles. The van der Waals surface area contributed by atoms with Crippen LogP contribution in [0.15, 0.2) is 57.9 Å². The Morgan fingerprint density at radius 2 is 2.14 bits per heavy atom. The van der Waals surface area contributed by atoms with E-state index in [-0.39, 0.29) is 17.2 Å². The average molecular weight is 408 g/mol. The molecule has 1 amide bonds. The molecule has 4 rings (SSSR count). The van der Waals surface area contributed by atoms with Crippen LogP contribution in [0.5, 0.6) is 0 Å². The summed E-state index contributed by atoms with van der Waals surface area (Å²) in [5, 5.41) is 18.9. The van der Waals surface area contributed by atoms with Gasteiger partial charge in [-0.05, 0) is 23.6 Å². The largest absolute Gasteiger partial charge is 0.316 e. The van der Waals surface area contributed by atoms with E-state index in [0.29, 0.717) is 26.8 Å². The van der Waals surface area contributed by atoms with E-state index in [2.05, 4.69) is 20.4 Å². The highest BCUT2D eigenvalue weighted by molar-refractivity contribution is 7.99. The molecular formula is C18H12N6O2S2. The second kappa shape index (κ2) is 7.67. The lowest BCUT2D eigenvalue weighted by molar-refractivity contribution is -0.113. The molecule has 0 spiro atoms. The summed E-state index contributed by atoms with van der Waals surface area (Å²) in [6, 6.07) is 13.0. The number of rotatable bonds is 5. The van der Waals surface area contributed by atoms with Crippen molar-refractivity contribution in [1.82, 2.24) is 19.7 Å². The first kappa shape index (κ1) is 18.0. The van der Waals surface area contributed by atoms with E-state index in [1.807, 2.05) is 36.4 Å². The van der Waals surface area contributed by atoms with Crippen LogP contribution < -0.4 is 10.9 Å². The van der Waals surface area contributed by atoms with Crippen LogP contribution in [-0.2, 0) is 4.79 Å². The highest BCUT2D eigenvalue weighted by Gasteiger charge is 2.14. The molecule has 0 atom stereocenters. The van der Waals surface area contributed by atoms with E-state index in [0.717, 1.165) is 17.4 Å². The second-order valence-corrected chi connectivity index (χ2v) is 7.49. The van der Waals surface area contributed by atoms with Crippen molar-refractivity contribution < 1.29 is 4.79 Å². The van der Waals surface area contributed by atoms with Gasteiger partial charge < -0.3 is 10.3 Å². The maximum Gasteiger partial charge on any atom is 0.262 e. The van der Waals surface area contributed by atoms with Crippen LogP contribution in [0.2, 0.25) is 0 Å². The summed E-state index contributed by atoms with van der Waals surface area (Å²) >= 11 is 2.38. The molecule has 0 fully saturated rings. The van der Waals surface area contributed by atoms with Crippen LogP contribution in [0.3, 0.4) is 0 Å². The normalized spacial score (nSPS) is 10.7. The van der Waals surface area contributed by atoms with Gasteiger partial charge in [0, 0.05) is 0 Å². The number of fused-ring (bicyclic) bond motifs is 1. The van der Waals surface area contributed by atoms with Crippen LogP contribution in [0, 0.1) is 11.3 Å². The Labute approximate surface area is 166 Å². The topological polar surface area (TPSA) is 116 Å². The summed E-state index contributed by atoms with van der Waals surface area (Å²) < 4.78 is 1.58. The zero-order valence-electron chi connectivity index (χ0n) is 14.2. The molecule has 2 N–H and O–H groups in total. The highest BCUT2D eigenvalue weighted by Crippen LogP contribution is 2.23. The van der Waals surface area contributed by atoms with Crippen molar-refractivity contribution in [2.45, 2.75) is 5.16 Å². The number of carbonyl (C=O) groups is 1. The zero-order valence-corrected chi connectivity index (χ0v) is 15.9. The zero-order chi connectivity index (χ0) is 19.5. The van der Waals surface area contributed by atoms with E-state index in [1.165, 1.54) is 17.5 Å². The quantitative estimate of drug-likeness (QED) is 0.387. The Kier molecular flexibility index (Phi) is 4.92. The van der Waals surface area contributed by atoms with Gasteiger partial charge in [0.1, 0.15) is 16.5 Å². The Balaban J connectivity index is 1.55. The van der Waals surface area contributed by atoms with Gasteiger partial charge in [-0.15, -0.1) is 11.3 Å². The molecule has 0 unspecified atom stereocenters. The van der Waals surface area contributed by atoms with E-state index in [9.17, 15) is 9.59 Å². The fourth-order valence-electron chi connectivity index (χ4n) is 2.52. The van der Waals surface area contributed by atoms with Gasteiger partial charge in [0.2, 0.25) is 5.91 Å². The molecule has 0 saturated carbocycles. The fourth-order valence-corrected chi connectivity index (χ4v) is 3.93. The average Bonchev–Trinajstić information content (AvgIpc) is 3.34. The fraction of sp³-hybridized carbons (Fsp3) is 0.0556. The van der Waals surface area contributed by atoms with Crippen LogP contribution in [0.25, 0.3) is 16.7 Å². The first-order valence-electron chi connectivity index (χ1n) is 8.09. The van der Waals surface area contributed by atoms with E-state index in [4.69, 9.17) is 5.26 Å². The molecule has 0 saturated heterocycles. The number of anilines is 1. The number of thiophene rings is 1. The number of hydrogen-bond donors (Lipinski definition) is 2. The number of benzene rings is 1. The van der Waals surface area contributed by atoms with Gasteiger partial charge in [0.05, 0.1) is 23.2 Å². The van der Waals surface area contributed by atoms with Crippen LogP contribution in [-0.4, -0.2) is 31.4 Å². The lowest BCUT2D eigenvalue weighted by atomic mass is 10.3. The lowest BCUT2D eigenvalue weighted by Crippen LogP contribution is -2.15. The van der Waals surface area contributed by atoms with Crippen molar-refractivity contribution in [2.24, 2.45) is 0 Å². The Hall–Kier alpha value is -3.42. The smallest absolute Gasteiger partial charge is 0.262 e. The highest BCUT2D eigenvalue weighted by atomic mass is 32.2. The van der Waals surface area contributed by atoms with Gasteiger partial charge in [-0.3, -0.25) is 9.59 Å². The minimum absolute atomic E-state index is 0.0384. The number of nitrogens with one attached hydrogen (secondary N) is 2. The molecule has 1 aromatic carbocycles. The molecule has 3 heterocycles. The van der Waals surface area contributed by atoms with Crippen LogP contribution in [0.4, 0.5) is 5.00 Å². The number of carbonyl (C=O) groups excluding carboxylic acids is 1. The molecule has 3 aromatic heterocycles. The van der Waals surface area contributed by atoms with Crippen molar-refractivity contribution in [3.63, 3.8) is 0 Å². The van der Waals surface area contributed by atoms with E-state index in [1.54, 1.807) is 16.1 Å². The number of para-hydroxylation sites is 1. The summed E-state index contributed by atoms with van der Waals surface area (Å²) in [4.78, 5) is 31.6. The summed E-state index contributed by atoms with van der Waals surface area (Å²) in [5.41, 5.74) is 1.30. The molecule has 0 aliphatic rings. The monoisotopic (exact) mass is 408 g/mol. The van der Waals surface area contributed by atoms with Gasteiger partial charge in [0.15, 0.2) is 10.8 Å². The minimum atomic E-state index is -0.319. The third-order valence-electron chi connectivity index (χ3n) is 3.80. The van der Waals surface area contributed by atoms with Crippen LogP contribution in [0.1, 0.15) is 5.56 Å². The van der Waals surface area contributed by atoms with Crippen molar-refractivity contribution >= 4 is 45.0 Å². The SMILES string of the molecule is N#Cc1ccsc1NC(=O)CSc1nc2c(cnn2-c2ccccc2)c(=O)[nH]1. The van der Waals surface area contributed by atoms with E-state index >= 15 is 0 Å². The molecule has 0 aliphatic heterocycles. The van der Waals surface area contributed by atoms with Gasteiger partial charge >= 0.3 is 0 Å². The van der Waals surface area contributed by atoms with Crippen molar-refractivity contribution in [1.29, 1.82) is 5.26 Å². The number of aromatic nitrogens is 4. The molecule has 138 valence electrons. The molecule has 0 bridgehead atoms. The number of H-pyrrole nitrogens is 1. The first-order valence-corrected chi connectivity index (χ1v) is 9.96. The predicted molar refractivity (Wildman–Crippen MR) is 108 cm³/mol. The molecule has 0 radical (unpaired) electrons. The maximum absolute atomic E-state index is 12.3. The summed E-state index contributed by atoms with van der Waals surface area (Å²) in [5.74, 6) is -0.250. The van der Waals surface area contributed by atoms with Gasteiger partial charge in [-0.1, -0.05) is 30.0 Å². The minimum Gasteiger partial charge on any atom is -0.316 e. The number of amides is 1. The van der Waals surface area contributed by atoms with Gasteiger partial charge in [-0.2, -0.15) is 10.4 Å². The number of nitriles is 1.